The van der Waals surface area contributed by atoms with Gasteiger partial charge in [-0.05, 0) is 31.4 Å². The van der Waals surface area contributed by atoms with Crippen LogP contribution in [0.15, 0.2) is 12.1 Å². The van der Waals surface area contributed by atoms with Crippen LogP contribution in [0.2, 0.25) is 0 Å². The van der Waals surface area contributed by atoms with E-state index >= 15 is 0 Å². The van der Waals surface area contributed by atoms with Gasteiger partial charge in [0.15, 0.2) is 5.82 Å². The van der Waals surface area contributed by atoms with Crippen LogP contribution >= 0.6 is 0 Å². The van der Waals surface area contributed by atoms with Crippen LogP contribution in [0.25, 0.3) is 0 Å². The van der Waals surface area contributed by atoms with Crippen molar-refractivity contribution < 1.29 is 0 Å². The number of nitriles is 1. The monoisotopic (exact) mass is 216 g/mol. The minimum absolute atomic E-state index is 0.221. The third-order valence-electron chi connectivity index (χ3n) is 3.07. The molecule has 84 valence electrons. The topological polar surface area (TPSA) is 52.8 Å². The molecule has 0 atom stereocenters. The maximum Gasteiger partial charge on any atom is 0.151 e. The van der Waals surface area contributed by atoms with Gasteiger partial charge >= 0.3 is 0 Å². The van der Waals surface area contributed by atoms with Crippen molar-refractivity contribution in [1.29, 1.82) is 5.26 Å². The zero-order valence-corrected chi connectivity index (χ0v) is 9.56. The zero-order valence-electron chi connectivity index (χ0n) is 9.56. The lowest BCUT2D eigenvalue weighted by Gasteiger charge is -2.29. The zero-order chi connectivity index (χ0) is 11.4. The quantitative estimate of drug-likeness (QED) is 0.756. The van der Waals surface area contributed by atoms with E-state index < -0.39 is 0 Å². The van der Waals surface area contributed by atoms with Crippen LogP contribution < -0.4 is 4.90 Å². The normalized spacial score (nSPS) is 17.1. The van der Waals surface area contributed by atoms with E-state index in [4.69, 9.17) is 5.26 Å². The highest BCUT2D eigenvalue weighted by atomic mass is 15.3. The maximum atomic E-state index is 8.82. The number of aryl methyl sites for hydroxylation is 1. The van der Waals surface area contributed by atoms with Gasteiger partial charge in [0.1, 0.15) is 0 Å². The van der Waals surface area contributed by atoms with Crippen LogP contribution in [0.3, 0.4) is 0 Å². The summed E-state index contributed by atoms with van der Waals surface area (Å²) in [6.45, 7) is 3.90. The fourth-order valence-corrected chi connectivity index (χ4v) is 1.95. The molecule has 1 aliphatic rings. The van der Waals surface area contributed by atoms with Gasteiger partial charge in [-0.3, -0.25) is 0 Å². The van der Waals surface area contributed by atoms with Crippen molar-refractivity contribution in [3.8, 4) is 6.07 Å². The van der Waals surface area contributed by atoms with Crippen molar-refractivity contribution in [3.05, 3.63) is 17.8 Å². The SMILES string of the molecule is CCc1ccc(N2CCC(C#N)CC2)nn1. The van der Waals surface area contributed by atoms with Crippen molar-refractivity contribution in [2.75, 3.05) is 18.0 Å². The van der Waals surface area contributed by atoms with E-state index in [1.54, 1.807) is 0 Å². The third kappa shape index (κ3) is 2.30. The molecule has 0 unspecified atom stereocenters. The molecular formula is C12H16N4. The fourth-order valence-electron chi connectivity index (χ4n) is 1.95. The van der Waals surface area contributed by atoms with Gasteiger partial charge < -0.3 is 4.90 Å². The van der Waals surface area contributed by atoms with Gasteiger partial charge in [-0.15, -0.1) is 5.10 Å². The lowest BCUT2D eigenvalue weighted by atomic mass is 9.99. The van der Waals surface area contributed by atoms with Gasteiger partial charge in [-0.25, -0.2) is 0 Å². The Morgan fingerprint density at radius 1 is 1.38 bits per heavy atom. The molecule has 0 amide bonds. The van der Waals surface area contributed by atoms with Gasteiger partial charge in [0, 0.05) is 19.0 Å². The molecule has 0 aliphatic carbocycles. The van der Waals surface area contributed by atoms with Crippen molar-refractivity contribution in [2.24, 2.45) is 5.92 Å². The van der Waals surface area contributed by atoms with E-state index in [9.17, 15) is 0 Å². The van der Waals surface area contributed by atoms with Crippen LogP contribution in [0, 0.1) is 17.2 Å². The molecule has 0 aromatic carbocycles. The molecule has 0 N–H and O–H groups in total. The van der Waals surface area contributed by atoms with Crippen LogP contribution in [0.5, 0.6) is 0 Å². The second-order valence-electron chi connectivity index (χ2n) is 4.13. The lowest BCUT2D eigenvalue weighted by Crippen LogP contribution is -2.33. The fraction of sp³-hybridized carbons (Fsp3) is 0.583. The molecule has 0 saturated carbocycles. The Bertz CT molecular complexity index is 371. The average Bonchev–Trinajstić information content (AvgIpc) is 2.39. The first-order valence-corrected chi connectivity index (χ1v) is 5.80. The highest BCUT2D eigenvalue weighted by Crippen LogP contribution is 2.20. The number of anilines is 1. The van der Waals surface area contributed by atoms with Gasteiger partial charge in [0.25, 0.3) is 0 Å². The summed E-state index contributed by atoms with van der Waals surface area (Å²) >= 11 is 0. The van der Waals surface area contributed by atoms with Crippen molar-refractivity contribution in [2.45, 2.75) is 26.2 Å². The summed E-state index contributed by atoms with van der Waals surface area (Å²) in [7, 11) is 0. The van der Waals surface area contributed by atoms with E-state index in [0.29, 0.717) is 0 Å². The second kappa shape index (κ2) is 4.93. The Hall–Kier alpha value is -1.63. The molecule has 0 radical (unpaired) electrons. The molecule has 0 spiro atoms. The summed E-state index contributed by atoms with van der Waals surface area (Å²) in [6.07, 6.45) is 2.80. The smallest absolute Gasteiger partial charge is 0.151 e. The Kier molecular flexibility index (Phi) is 3.35. The van der Waals surface area contributed by atoms with Crippen LogP contribution in [0.4, 0.5) is 5.82 Å². The van der Waals surface area contributed by atoms with Crippen molar-refractivity contribution in [3.63, 3.8) is 0 Å². The standard InChI is InChI=1S/C12H16N4/c1-2-11-3-4-12(15-14-11)16-7-5-10(9-13)6-8-16/h3-4,10H,2,5-8H2,1H3. The van der Waals surface area contributed by atoms with E-state index in [2.05, 4.69) is 28.1 Å². The van der Waals surface area contributed by atoms with E-state index in [1.165, 1.54) is 0 Å². The molecule has 1 aromatic rings. The molecule has 4 heteroatoms. The minimum Gasteiger partial charge on any atom is -0.355 e. The minimum atomic E-state index is 0.221. The summed E-state index contributed by atoms with van der Waals surface area (Å²) in [6, 6.07) is 6.38. The molecule has 0 bridgehead atoms. The number of nitrogens with zero attached hydrogens (tertiary/aromatic N) is 4. The van der Waals surface area contributed by atoms with E-state index in [-0.39, 0.29) is 5.92 Å². The van der Waals surface area contributed by atoms with Crippen molar-refractivity contribution in [1.82, 2.24) is 10.2 Å². The first kappa shape index (κ1) is 10.9. The van der Waals surface area contributed by atoms with Gasteiger partial charge in [0.2, 0.25) is 0 Å². The largest absolute Gasteiger partial charge is 0.355 e. The number of hydrogen-bond donors (Lipinski definition) is 0. The summed E-state index contributed by atoms with van der Waals surface area (Å²) in [5.41, 5.74) is 1.02. The van der Waals surface area contributed by atoms with Crippen LogP contribution in [-0.2, 0) is 6.42 Å². The third-order valence-corrected chi connectivity index (χ3v) is 3.07. The average molecular weight is 216 g/mol. The summed E-state index contributed by atoms with van der Waals surface area (Å²) in [5.74, 6) is 1.16. The molecule has 4 nitrogen and oxygen atoms in total. The number of hydrogen-bond acceptors (Lipinski definition) is 4. The number of piperidine rings is 1. The van der Waals surface area contributed by atoms with E-state index in [0.717, 1.165) is 43.9 Å². The molecule has 2 heterocycles. The predicted octanol–water partition coefficient (Wildman–Crippen LogP) is 1.78. The molecule has 1 saturated heterocycles. The number of rotatable bonds is 2. The molecule has 2 rings (SSSR count). The molecular weight excluding hydrogens is 200 g/mol. The van der Waals surface area contributed by atoms with Crippen molar-refractivity contribution >= 4 is 5.82 Å². The first-order chi connectivity index (χ1) is 7.83. The van der Waals surface area contributed by atoms with Gasteiger partial charge in [-0.2, -0.15) is 10.4 Å². The Labute approximate surface area is 95.9 Å². The summed E-state index contributed by atoms with van der Waals surface area (Å²) < 4.78 is 0. The maximum absolute atomic E-state index is 8.82. The molecule has 16 heavy (non-hydrogen) atoms. The van der Waals surface area contributed by atoms with Gasteiger partial charge in [-0.1, -0.05) is 6.92 Å². The summed E-state index contributed by atoms with van der Waals surface area (Å²) in [5, 5.41) is 17.2. The van der Waals surface area contributed by atoms with E-state index in [1.807, 2.05) is 12.1 Å². The molecule has 1 aromatic heterocycles. The second-order valence-corrected chi connectivity index (χ2v) is 4.13. The van der Waals surface area contributed by atoms with Crippen LogP contribution in [0.1, 0.15) is 25.5 Å². The molecule has 1 aliphatic heterocycles. The Morgan fingerprint density at radius 3 is 2.62 bits per heavy atom. The highest BCUT2D eigenvalue weighted by molar-refractivity contribution is 5.37. The first-order valence-electron chi connectivity index (χ1n) is 5.80. The highest BCUT2D eigenvalue weighted by Gasteiger charge is 2.19. The van der Waals surface area contributed by atoms with Gasteiger partial charge in [0.05, 0.1) is 11.8 Å². The van der Waals surface area contributed by atoms with Crippen LogP contribution in [-0.4, -0.2) is 23.3 Å². The Morgan fingerprint density at radius 2 is 2.12 bits per heavy atom. The predicted molar refractivity (Wildman–Crippen MR) is 62.0 cm³/mol. The Balaban J connectivity index is 2.00. The molecule has 1 fully saturated rings. The lowest BCUT2D eigenvalue weighted by molar-refractivity contribution is 0.484. The summed E-state index contributed by atoms with van der Waals surface area (Å²) in [4.78, 5) is 2.21. The number of aromatic nitrogens is 2.